The molecule has 2 N–H and O–H groups in total. The Labute approximate surface area is 123 Å². The van der Waals surface area contributed by atoms with E-state index in [0.29, 0.717) is 37.2 Å². The summed E-state index contributed by atoms with van der Waals surface area (Å²) in [7, 11) is -3.05. The first kappa shape index (κ1) is 17.2. The summed E-state index contributed by atoms with van der Waals surface area (Å²) < 4.78 is 26.5. The van der Waals surface area contributed by atoms with Gasteiger partial charge in [0.2, 0.25) is 10.0 Å². The van der Waals surface area contributed by atoms with Gasteiger partial charge in [0.1, 0.15) is 0 Å². The van der Waals surface area contributed by atoms with E-state index in [2.05, 4.69) is 0 Å². The Morgan fingerprint density at radius 1 is 1.00 bits per heavy atom. The van der Waals surface area contributed by atoms with Gasteiger partial charge in [0.05, 0.1) is 5.75 Å². The fraction of sp³-hybridized carbons (Fsp3) is 1.00. The molecule has 2 aliphatic rings. The van der Waals surface area contributed by atoms with Crippen LogP contribution in [0.5, 0.6) is 0 Å². The average Bonchev–Trinajstić information content (AvgIpc) is 2.39. The van der Waals surface area contributed by atoms with Gasteiger partial charge >= 0.3 is 0 Å². The zero-order valence-corrected chi connectivity index (χ0v) is 13.2. The van der Waals surface area contributed by atoms with Crippen LogP contribution < -0.4 is 5.73 Å². The topological polar surface area (TPSA) is 63.4 Å². The molecule has 1 aliphatic carbocycles. The maximum Gasteiger partial charge on any atom is 0.214 e. The van der Waals surface area contributed by atoms with Gasteiger partial charge in [-0.25, -0.2) is 12.7 Å². The van der Waals surface area contributed by atoms with Crippen molar-refractivity contribution in [3.63, 3.8) is 0 Å². The minimum Gasteiger partial charge on any atom is -0.330 e. The second-order valence-corrected chi connectivity index (χ2v) is 7.90. The molecule has 0 aromatic rings. The van der Waals surface area contributed by atoms with E-state index in [4.69, 9.17) is 5.73 Å². The minimum absolute atomic E-state index is 0. The molecular weight excluding hydrogens is 284 g/mol. The molecule has 114 valence electrons. The Morgan fingerprint density at radius 2 is 1.63 bits per heavy atom. The first-order valence-electron chi connectivity index (χ1n) is 7.29. The molecule has 1 aliphatic heterocycles. The van der Waals surface area contributed by atoms with E-state index in [1.165, 1.54) is 19.3 Å². The van der Waals surface area contributed by atoms with Crippen molar-refractivity contribution >= 4 is 22.4 Å². The molecule has 0 aromatic heterocycles. The van der Waals surface area contributed by atoms with Gasteiger partial charge in [0.15, 0.2) is 0 Å². The van der Waals surface area contributed by atoms with E-state index in [0.717, 1.165) is 25.7 Å². The zero-order chi connectivity index (χ0) is 13.0. The van der Waals surface area contributed by atoms with Crippen LogP contribution in [0.25, 0.3) is 0 Å². The van der Waals surface area contributed by atoms with Crippen molar-refractivity contribution < 1.29 is 8.42 Å². The van der Waals surface area contributed by atoms with Crippen LogP contribution in [0.4, 0.5) is 0 Å². The first-order valence-corrected chi connectivity index (χ1v) is 8.90. The quantitative estimate of drug-likeness (QED) is 0.863. The second-order valence-electron chi connectivity index (χ2n) is 5.88. The molecule has 2 fully saturated rings. The van der Waals surface area contributed by atoms with E-state index in [-0.39, 0.29) is 12.4 Å². The van der Waals surface area contributed by atoms with Gasteiger partial charge in [0, 0.05) is 13.1 Å². The molecule has 4 nitrogen and oxygen atoms in total. The second kappa shape index (κ2) is 7.81. The van der Waals surface area contributed by atoms with E-state index in [1.807, 2.05) is 0 Å². The highest BCUT2D eigenvalue weighted by atomic mass is 35.5. The summed E-state index contributed by atoms with van der Waals surface area (Å²) >= 11 is 0. The third kappa shape index (κ3) is 4.88. The SMILES string of the molecule is Cl.NCC1CCCN(S(=O)(=O)CC2CCCCC2)C1. The van der Waals surface area contributed by atoms with Crippen LogP contribution in [0.15, 0.2) is 0 Å². The molecule has 0 spiro atoms. The Kier molecular flexibility index (Phi) is 7.08. The van der Waals surface area contributed by atoms with Gasteiger partial charge in [-0.2, -0.15) is 0 Å². The molecular formula is C13H27ClN2O2S. The predicted molar refractivity (Wildman–Crippen MR) is 81.0 cm³/mol. The van der Waals surface area contributed by atoms with Crippen molar-refractivity contribution in [1.82, 2.24) is 4.31 Å². The van der Waals surface area contributed by atoms with Gasteiger partial charge in [-0.1, -0.05) is 19.3 Å². The van der Waals surface area contributed by atoms with Crippen LogP contribution in [0.1, 0.15) is 44.9 Å². The third-order valence-corrected chi connectivity index (χ3v) is 6.39. The van der Waals surface area contributed by atoms with Gasteiger partial charge in [-0.15, -0.1) is 12.4 Å². The largest absolute Gasteiger partial charge is 0.330 e. The van der Waals surface area contributed by atoms with Crippen LogP contribution in [-0.2, 0) is 10.0 Å². The fourth-order valence-electron chi connectivity index (χ4n) is 3.23. The number of rotatable bonds is 4. The normalized spacial score (nSPS) is 26.9. The van der Waals surface area contributed by atoms with Crippen molar-refractivity contribution in [2.45, 2.75) is 44.9 Å². The molecule has 0 bridgehead atoms. The van der Waals surface area contributed by atoms with Crippen molar-refractivity contribution in [3.05, 3.63) is 0 Å². The summed E-state index contributed by atoms with van der Waals surface area (Å²) in [6.45, 7) is 1.95. The lowest BCUT2D eigenvalue weighted by Gasteiger charge is -2.33. The van der Waals surface area contributed by atoms with Gasteiger partial charge in [-0.05, 0) is 44.1 Å². The Hall–Kier alpha value is 0.160. The highest BCUT2D eigenvalue weighted by Crippen LogP contribution is 2.27. The lowest BCUT2D eigenvalue weighted by molar-refractivity contribution is 0.268. The molecule has 19 heavy (non-hydrogen) atoms. The zero-order valence-electron chi connectivity index (χ0n) is 11.6. The maximum absolute atomic E-state index is 12.4. The monoisotopic (exact) mass is 310 g/mol. The Morgan fingerprint density at radius 3 is 2.26 bits per heavy atom. The van der Waals surface area contributed by atoms with Crippen molar-refractivity contribution in [3.8, 4) is 0 Å². The van der Waals surface area contributed by atoms with E-state index >= 15 is 0 Å². The molecule has 1 atom stereocenters. The standard InChI is InChI=1S/C13H26N2O2S.ClH/c14-9-13-7-4-8-15(10-13)18(16,17)11-12-5-2-1-3-6-12;/h12-13H,1-11,14H2;1H. The molecule has 0 radical (unpaired) electrons. The average molecular weight is 311 g/mol. The van der Waals surface area contributed by atoms with Crippen LogP contribution >= 0.6 is 12.4 Å². The number of nitrogens with two attached hydrogens (primary N) is 1. The van der Waals surface area contributed by atoms with Gasteiger partial charge in [0.25, 0.3) is 0 Å². The fourth-order valence-corrected chi connectivity index (χ4v) is 5.21. The van der Waals surface area contributed by atoms with Crippen LogP contribution in [-0.4, -0.2) is 38.1 Å². The lowest BCUT2D eigenvalue weighted by Crippen LogP contribution is -2.44. The number of hydrogen-bond donors (Lipinski definition) is 1. The molecule has 1 saturated heterocycles. The van der Waals surface area contributed by atoms with Gasteiger partial charge < -0.3 is 5.73 Å². The van der Waals surface area contributed by atoms with Gasteiger partial charge in [-0.3, -0.25) is 0 Å². The summed E-state index contributed by atoms with van der Waals surface area (Å²) in [4.78, 5) is 0. The lowest BCUT2D eigenvalue weighted by atomic mass is 9.91. The molecule has 1 unspecified atom stereocenters. The molecule has 2 rings (SSSR count). The first-order chi connectivity index (χ1) is 8.62. The van der Waals surface area contributed by atoms with E-state index in [9.17, 15) is 8.42 Å². The predicted octanol–water partition coefficient (Wildman–Crippen LogP) is 1.99. The number of piperidine rings is 1. The van der Waals surface area contributed by atoms with Crippen LogP contribution in [0.3, 0.4) is 0 Å². The molecule has 6 heteroatoms. The highest BCUT2D eigenvalue weighted by Gasteiger charge is 2.30. The molecule has 0 aromatic carbocycles. The Bertz CT molecular complexity index is 356. The summed E-state index contributed by atoms with van der Waals surface area (Å²) in [5.74, 6) is 1.12. The Balaban J connectivity index is 0.00000180. The highest BCUT2D eigenvalue weighted by molar-refractivity contribution is 7.89. The number of nitrogens with zero attached hydrogens (tertiary/aromatic N) is 1. The summed E-state index contributed by atoms with van der Waals surface area (Å²) in [5, 5.41) is 0. The number of halogens is 1. The minimum atomic E-state index is -3.05. The molecule has 1 saturated carbocycles. The van der Waals surface area contributed by atoms with E-state index < -0.39 is 10.0 Å². The van der Waals surface area contributed by atoms with Crippen molar-refractivity contribution in [2.24, 2.45) is 17.6 Å². The summed E-state index contributed by atoms with van der Waals surface area (Å²) in [5.41, 5.74) is 5.67. The van der Waals surface area contributed by atoms with Crippen molar-refractivity contribution in [2.75, 3.05) is 25.4 Å². The molecule has 0 amide bonds. The van der Waals surface area contributed by atoms with Crippen LogP contribution in [0.2, 0.25) is 0 Å². The smallest absolute Gasteiger partial charge is 0.214 e. The van der Waals surface area contributed by atoms with Crippen LogP contribution in [0, 0.1) is 11.8 Å². The molecule has 1 heterocycles. The number of sulfonamides is 1. The summed E-state index contributed by atoms with van der Waals surface area (Å²) in [6, 6.07) is 0. The van der Waals surface area contributed by atoms with E-state index in [1.54, 1.807) is 4.31 Å². The summed E-state index contributed by atoms with van der Waals surface area (Å²) in [6.07, 6.45) is 7.89. The third-order valence-electron chi connectivity index (χ3n) is 4.38. The maximum atomic E-state index is 12.4. The van der Waals surface area contributed by atoms with Crippen molar-refractivity contribution in [1.29, 1.82) is 0 Å². The number of hydrogen-bond acceptors (Lipinski definition) is 3.